The number of aryl methyl sites for hydroxylation is 1. The summed E-state index contributed by atoms with van der Waals surface area (Å²) in [6.45, 7) is 0.986. The van der Waals surface area contributed by atoms with Gasteiger partial charge in [-0.2, -0.15) is 11.8 Å². The number of ether oxygens (including phenoxy) is 1. The molecule has 0 aliphatic carbocycles. The van der Waals surface area contributed by atoms with E-state index in [9.17, 15) is 0 Å². The average molecular weight is 296 g/mol. The number of nitrogens with one attached hydrogen (secondary N) is 1. The molecule has 2 aromatic rings. The first-order chi connectivity index (χ1) is 9.26. The van der Waals surface area contributed by atoms with Gasteiger partial charge in [0.05, 0.1) is 18.1 Å². The summed E-state index contributed by atoms with van der Waals surface area (Å²) in [6, 6.07) is 6.05. The number of benzene rings is 1. The molecule has 0 spiro atoms. The second kappa shape index (κ2) is 7.01. The molecule has 0 radical (unpaired) electrons. The number of aromatic amines is 1. The number of unbranched alkanes of at least 4 members (excludes halogenated alkanes) is 2. The summed E-state index contributed by atoms with van der Waals surface area (Å²) in [6.07, 6.45) is 5.87. The topological polar surface area (TPSA) is 29.9 Å². The maximum atomic E-state index is 5.40. The molecule has 104 valence electrons. The van der Waals surface area contributed by atoms with E-state index in [0.717, 1.165) is 28.1 Å². The van der Waals surface area contributed by atoms with Gasteiger partial charge in [-0.25, -0.2) is 0 Å². The molecule has 0 bridgehead atoms. The molecular weight excluding hydrogens is 276 g/mol. The van der Waals surface area contributed by atoms with Crippen LogP contribution in [-0.4, -0.2) is 28.7 Å². The zero-order chi connectivity index (χ0) is 13.7. The zero-order valence-corrected chi connectivity index (χ0v) is 13.1. The van der Waals surface area contributed by atoms with Crippen LogP contribution in [0.2, 0.25) is 0 Å². The van der Waals surface area contributed by atoms with Crippen molar-refractivity contribution in [2.45, 2.75) is 25.8 Å². The SMILES string of the molecule is COc1ccc2c(c1)[nH]c(=S)n2CCCCCSC. The van der Waals surface area contributed by atoms with Gasteiger partial charge in [0, 0.05) is 12.6 Å². The first-order valence-corrected chi connectivity index (χ1v) is 8.32. The largest absolute Gasteiger partial charge is 0.497 e. The molecule has 0 amide bonds. The van der Waals surface area contributed by atoms with Crippen molar-refractivity contribution in [2.75, 3.05) is 19.1 Å². The minimum atomic E-state index is 0.799. The van der Waals surface area contributed by atoms with Crippen LogP contribution in [0.3, 0.4) is 0 Å². The summed E-state index contributed by atoms with van der Waals surface area (Å²) < 4.78 is 8.21. The molecule has 1 aromatic heterocycles. The van der Waals surface area contributed by atoms with Crippen LogP contribution in [0, 0.1) is 4.77 Å². The lowest BCUT2D eigenvalue weighted by molar-refractivity contribution is 0.415. The lowest BCUT2D eigenvalue weighted by atomic mass is 10.2. The van der Waals surface area contributed by atoms with E-state index in [0.29, 0.717) is 0 Å². The number of nitrogens with zero attached hydrogens (tertiary/aromatic N) is 1. The standard InChI is InChI=1S/C14H20N2OS2/c1-17-11-6-7-13-12(10-11)15-14(18)16(13)8-4-3-5-9-19-2/h6-7,10H,3-5,8-9H2,1-2H3,(H,15,18). The van der Waals surface area contributed by atoms with E-state index < -0.39 is 0 Å². The van der Waals surface area contributed by atoms with Crippen LogP contribution in [0.5, 0.6) is 5.75 Å². The number of thioether (sulfide) groups is 1. The van der Waals surface area contributed by atoms with Crippen LogP contribution in [0.4, 0.5) is 0 Å². The Labute approximate surface area is 123 Å². The Bertz CT molecular complexity index is 589. The second-order valence-corrected chi connectivity index (χ2v) is 5.89. The maximum absolute atomic E-state index is 5.40. The first kappa shape index (κ1) is 14.5. The lowest BCUT2D eigenvalue weighted by Crippen LogP contribution is -1.98. The Balaban J connectivity index is 2.10. The van der Waals surface area contributed by atoms with Crippen molar-refractivity contribution in [1.82, 2.24) is 9.55 Å². The highest BCUT2D eigenvalue weighted by Gasteiger charge is 2.05. The van der Waals surface area contributed by atoms with E-state index in [4.69, 9.17) is 17.0 Å². The summed E-state index contributed by atoms with van der Waals surface area (Å²) in [5.74, 6) is 2.10. The summed E-state index contributed by atoms with van der Waals surface area (Å²) in [4.78, 5) is 3.25. The molecule has 0 saturated carbocycles. The van der Waals surface area contributed by atoms with Crippen LogP contribution in [-0.2, 0) is 6.54 Å². The third-order valence-corrected chi connectivity index (χ3v) is 4.23. The molecule has 0 aliphatic rings. The third kappa shape index (κ3) is 3.54. The molecule has 5 heteroatoms. The summed E-state index contributed by atoms with van der Waals surface area (Å²) in [5.41, 5.74) is 2.21. The third-order valence-electron chi connectivity index (χ3n) is 3.21. The van der Waals surface area contributed by atoms with Gasteiger partial charge in [-0.1, -0.05) is 6.42 Å². The van der Waals surface area contributed by atoms with Crippen LogP contribution in [0.15, 0.2) is 18.2 Å². The van der Waals surface area contributed by atoms with Gasteiger partial charge in [0.2, 0.25) is 0 Å². The normalized spacial score (nSPS) is 11.1. The van der Waals surface area contributed by atoms with E-state index in [1.54, 1.807) is 7.11 Å². The highest BCUT2D eigenvalue weighted by Crippen LogP contribution is 2.21. The highest BCUT2D eigenvalue weighted by atomic mass is 32.2. The minimum absolute atomic E-state index is 0.799. The molecule has 1 N–H and O–H groups in total. The van der Waals surface area contributed by atoms with Crippen molar-refractivity contribution >= 4 is 35.0 Å². The molecule has 0 saturated heterocycles. The fraction of sp³-hybridized carbons (Fsp3) is 0.500. The maximum Gasteiger partial charge on any atom is 0.178 e. The molecule has 0 unspecified atom stereocenters. The monoisotopic (exact) mass is 296 g/mol. The minimum Gasteiger partial charge on any atom is -0.497 e. The van der Waals surface area contributed by atoms with Gasteiger partial charge in [-0.3, -0.25) is 0 Å². The molecule has 0 aliphatic heterocycles. The number of aromatic nitrogens is 2. The Morgan fingerprint density at radius 1 is 1.32 bits per heavy atom. The summed E-state index contributed by atoms with van der Waals surface area (Å²) in [7, 11) is 1.68. The van der Waals surface area contributed by atoms with Crippen LogP contribution < -0.4 is 4.74 Å². The zero-order valence-electron chi connectivity index (χ0n) is 11.4. The average Bonchev–Trinajstić information content (AvgIpc) is 2.73. The Hall–Kier alpha value is -0.940. The number of hydrogen-bond acceptors (Lipinski definition) is 3. The van der Waals surface area contributed by atoms with Crippen molar-refractivity contribution in [3.8, 4) is 5.75 Å². The molecule has 1 aromatic carbocycles. The summed E-state index contributed by atoms with van der Waals surface area (Å²) in [5, 5.41) is 0. The van der Waals surface area contributed by atoms with Gasteiger partial charge < -0.3 is 14.3 Å². The van der Waals surface area contributed by atoms with Crippen LogP contribution >= 0.6 is 24.0 Å². The van der Waals surface area contributed by atoms with E-state index in [1.807, 2.05) is 23.9 Å². The van der Waals surface area contributed by atoms with Crippen molar-refractivity contribution < 1.29 is 4.74 Å². The molecule has 0 atom stereocenters. The number of imidazole rings is 1. The van der Waals surface area contributed by atoms with Crippen molar-refractivity contribution in [3.63, 3.8) is 0 Å². The number of hydrogen-bond donors (Lipinski definition) is 1. The van der Waals surface area contributed by atoms with Crippen LogP contribution in [0.1, 0.15) is 19.3 Å². The molecule has 2 rings (SSSR count). The predicted octanol–water partition coefficient (Wildman–Crippen LogP) is 4.24. The van der Waals surface area contributed by atoms with Gasteiger partial charge in [0.25, 0.3) is 0 Å². The van der Waals surface area contributed by atoms with Crippen LogP contribution in [0.25, 0.3) is 11.0 Å². The Morgan fingerprint density at radius 2 is 2.16 bits per heavy atom. The molecule has 3 nitrogen and oxygen atoms in total. The molecule has 1 heterocycles. The van der Waals surface area contributed by atoms with Gasteiger partial charge in [-0.05, 0) is 49.2 Å². The number of rotatable bonds is 7. The van der Waals surface area contributed by atoms with Gasteiger partial charge in [0.15, 0.2) is 4.77 Å². The number of fused-ring (bicyclic) bond motifs is 1. The van der Waals surface area contributed by atoms with Gasteiger partial charge in [0.1, 0.15) is 5.75 Å². The number of methoxy groups -OCH3 is 1. The predicted molar refractivity (Wildman–Crippen MR) is 85.9 cm³/mol. The second-order valence-electron chi connectivity index (χ2n) is 4.52. The Kier molecular flexibility index (Phi) is 5.34. The van der Waals surface area contributed by atoms with Crippen molar-refractivity contribution in [1.29, 1.82) is 0 Å². The van der Waals surface area contributed by atoms with Gasteiger partial charge >= 0.3 is 0 Å². The van der Waals surface area contributed by atoms with Crippen molar-refractivity contribution in [3.05, 3.63) is 23.0 Å². The summed E-state index contributed by atoms with van der Waals surface area (Å²) >= 11 is 7.31. The van der Waals surface area contributed by atoms with E-state index in [-0.39, 0.29) is 0 Å². The van der Waals surface area contributed by atoms with E-state index in [1.165, 1.54) is 25.0 Å². The molecule has 0 fully saturated rings. The van der Waals surface area contributed by atoms with E-state index >= 15 is 0 Å². The fourth-order valence-corrected chi connectivity index (χ4v) is 2.98. The quantitative estimate of drug-likeness (QED) is 0.612. The van der Waals surface area contributed by atoms with Gasteiger partial charge in [-0.15, -0.1) is 0 Å². The fourth-order valence-electron chi connectivity index (χ4n) is 2.18. The van der Waals surface area contributed by atoms with E-state index in [2.05, 4.69) is 21.9 Å². The molecule has 19 heavy (non-hydrogen) atoms. The van der Waals surface area contributed by atoms with Crippen molar-refractivity contribution in [2.24, 2.45) is 0 Å². The smallest absolute Gasteiger partial charge is 0.178 e. The Morgan fingerprint density at radius 3 is 2.89 bits per heavy atom. The highest BCUT2D eigenvalue weighted by molar-refractivity contribution is 7.98. The first-order valence-electron chi connectivity index (χ1n) is 6.51. The lowest BCUT2D eigenvalue weighted by Gasteiger charge is -2.05. The number of H-pyrrole nitrogens is 1. The molecular formula is C14H20N2OS2.